The summed E-state index contributed by atoms with van der Waals surface area (Å²) in [6.45, 7) is 1.34. The maximum absolute atomic E-state index is 14.4. The van der Waals surface area contributed by atoms with E-state index < -0.39 is 17.6 Å². The summed E-state index contributed by atoms with van der Waals surface area (Å²) < 4.78 is 32.6. The Morgan fingerprint density at radius 3 is 3.00 bits per heavy atom. The highest BCUT2D eigenvalue weighted by atomic mass is 35.5. The Kier molecular flexibility index (Phi) is 5.51. The molecule has 1 amide bonds. The zero-order valence-electron chi connectivity index (χ0n) is 15.3. The lowest BCUT2D eigenvalue weighted by molar-refractivity contribution is -0.120. The highest BCUT2D eigenvalue weighted by Gasteiger charge is 2.31. The van der Waals surface area contributed by atoms with Gasteiger partial charge in [0.05, 0.1) is 18.0 Å². The van der Waals surface area contributed by atoms with Crippen molar-refractivity contribution in [2.75, 3.05) is 6.54 Å². The van der Waals surface area contributed by atoms with E-state index >= 15 is 0 Å². The standard InChI is InChI=1S/C19H18ClF2N5OS/c20-12-2-3-13(21)17(18(12)22)11-8-15-14(25-19(29)27(15)10-11)9-16(28)23-5-7-26-6-1-4-24-26/h1-4,6,11H,5,7-10H2,(H,23,28)(H,25,29)/t11-/m1/s1. The summed E-state index contributed by atoms with van der Waals surface area (Å²) in [5.41, 5.74) is 1.42. The highest BCUT2D eigenvalue weighted by Crippen LogP contribution is 2.36. The molecule has 0 saturated carbocycles. The lowest BCUT2D eigenvalue weighted by Gasteiger charge is -2.13. The number of imidazole rings is 1. The normalized spacial score (nSPS) is 15.5. The molecule has 0 unspecified atom stereocenters. The van der Waals surface area contributed by atoms with Gasteiger partial charge in [-0.2, -0.15) is 5.10 Å². The largest absolute Gasteiger partial charge is 0.354 e. The highest BCUT2D eigenvalue weighted by molar-refractivity contribution is 7.71. The Bertz CT molecular complexity index is 1110. The van der Waals surface area contributed by atoms with E-state index in [1.54, 1.807) is 15.4 Å². The molecule has 1 atom stereocenters. The Hall–Kier alpha value is -2.52. The molecule has 0 spiro atoms. The topological polar surface area (TPSA) is 67.6 Å². The van der Waals surface area contributed by atoms with Crippen molar-refractivity contribution < 1.29 is 13.6 Å². The molecule has 0 fully saturated rings. The number of carbonyl (C=O) groups is 1. The first-order valence-electron chi connectivity index (χ1n) is 9.12. The fourth-order valence-corrected chi connectivity index (χ4v) is 4.19. The van der Waals surface area contributed by atoms with Gasteiger partial charge in [0.1, 0.15) is 11.6 Å². The van der Waals surface area contributed by atoms with Crippen LogP contribution in [-0.4, -0.2) is 31.8 Å². The van der Waals surface area contributed by atoms with Gasteiger partial charge >= 0.3 is 0 Å². The Balaban J connectivity index is 1.46. The van der Waals surface area contributed by atoms with Crippen LogP contribution in [-0.2, 0) is 30.7 Å². The van der Waals surface area contributed by atoms with Crippen LogP contribution in [0.25, 0.3) is 0 Å². The van der Waals surface area contributed by atoms with E-state index in [0.717, 1.165) is 5.69 Å². The molecule has 1 aliphatic rings. The quantitative estimate of drug-likeness (QED) is 0.459. The van der Waals surface area contributed by atoms with Gasteiger partial charge in [-0.25, -0.2) is 8.78 Å². The van der Waals surface area contributed by atoms with Crippen molar-refractivity contribution >= 4 is 29.7 Å². The van der Waals surface area contributed by atoms with Gasteiger partial charge in [-0.05, 0) is 36.8 Å². The third-order valence-corrected chi connectivity index (χ3v) is 5.68. The fourth-order valence-electron chi connectivity index (χ4n) is 3.72. The Morgan fingerprint density at radius 1 is 1.41 bits per heavy atom. The minimum atomic E-state index is -0.741. The second kappa shape index (κ2) is 8.08. The van der Waals surface area contributed by atoms with E-state index in [1.165, 1.54) is 12.1 Å². The minimum absolute atomic E-state index is 0.0368. The SMILES string of the molecule is O=C(Cc1[nH]c(=S)n2c1C[C@@H](c1c(F)ccc(Cl)c1F)C2)NCCn1cccn1. The number of nitrogens with zero attached hydrogens (tertiary/aromatic N) is 3. The molecular formula is C19H18ClF2N5OS. The van der Waals surface area contributed by atoms with E-state index in [9.17, 15) is 13.6 Å². The van der Waals surface area contributed by atoms with Crippen molar-refractivity contribution in [3.8, 4) is 0 Å². The lowest BCUT2D eigenvalue weighted by atomic mass is 9.95. The number of fused-ring (bicyclic) bond motifs is 1. The third-order valence-electron chi connectivity index (χ3n) is 5.07. The van der Waals surface area contributed by atoms with Gasteiger partial charge in [-0.1, -0.05) is 11.6 Å². The summed E-state index contributed by atoms with van der Waals surface area (Å²) >= 11 is 11.2. The molecule has 0 radical (unpaired) electrons. The van der Waals surface area contributed by atoms with E-state index in [0.29, 0.717) is 36.5 Å². The molecule has 0 bridgehead atoms. The Labute approximate surface area is 175 Å². The maximum Gasteiger partial charge on any atom is 0.226 e. The van der Waals surface area contributed by atoms with Crippen LogP contribution in [0.4, 0.5) is 8.78 Å². The van der Waals surface area contributed by atoms with Crippen molar-refractivity contribution in [1.82, 2.24) is 24.6 Å². The van der Waals surface area contributed by atoms with Crippen molar-refractivity contribution in [3.63, 3.8) is 0 Å². The summed E-state index contributed by atoms with van der Waals surface area (Å²) in [5, 5.41) is 6.80. The van der Waals surface area contributed by atoms with Crippen molar-refractivity contribution in [2.45, 2.75) is 31.8 Å². The number of hydrogen-bond acceptors (Lipinski definition) is 3. The summed E-state index contributed by atoms with van der Waals surface area (Å²) in [4.78, 5) is 15.4. The average Bonchev–Trinajstić information content (AvgIpc) is 3.39. The number of amides is 1. The van der Waals surface area contributed by atoms with E-state index in [4.69, 9.17) is 23.8 Å². The number of benzene rings is 1. The van der Waals surface area contributed by atoms with Crippen LogP contribution in [0.1, 0.15) is 22.9 Å². The first-order chi connectivity index (χ1) is 13.9. The van der Waals surface area contributed by atoms with Gasteiger partial charge in [0, 0.05) is 48.4 Å². The Morgan fingerprint density at radius 2 is 2.24 bits per heavy atom. The molecule has 0 aliphatic carbocycles. The molecular weight excluding hydrogens is 420 g/mol. The van der Waals surface area contributed by atoms with Crippen molar-refractivity contribution in [1.29, 1.82) is 0 Å². The summed E-state index contributed by atoms with van der Waals surface area (Å²) in [7, 11) is 0. The average molecular weight is 438 g/mol. The van der Waals surface area contributed by atoms with E-state index in [-0.39, 0.29) is 22.9 Å². The maximum atomic E-state index is 14.4. The van der Waals surface area contributed by atoms with Gasteiger partial charge in [-0.3, -0.25) is 9.48 Å². The molecule has 2 N–H and O–H groups in total. The first-order valence-corrected chi connectivity index (χ1v) is 9.90. The lowest BCUT2D eigenvalue weighted by Crippen LogP contribution is -2.29. The summed E-state index contributed by atoms with van der Waals surface area (Å²) in [5.74, 6) is -1.97. The molecule has 4 rings (SSSR count). The molecule has 2 aromatic heterocycles. The number of halogens is 3. The molecule has 29 heavy (non-hydrogen) atoms. The van der Waals surface area contributed by atoms with Crippen LogP contribution in [0.2, 0.25) is 5.02 Å². The number of hydrogen-bond donors (Lipinski definition) is 2. The van der Waals surface area contributed by atoms with Crippen molar-refractivity contribution in [2.24, 2.45) is 0 Å². The summed E-state index contributed by atoms with van der Waals surface area (Å²) in [6.07, 6.45) is 3.97. The number of aromatic nitrogens is 4. The van der Waals surface area contributed by atoms with Gasteiger partial charge < -0.3 is 14.9 Å². The number of rotatable bonds is 6. The van der Waals surface area contributed by atoms with Crippen molar-refractivity contribution in [3.05, 3.63) is 69.0 Å². The van der Waals surface area contributed by atoms with Gasteiger partial charge in [-0.15, -0.1) is 0 Å². The van der Waals surface area contributed by atoms with Crippen LogP contribution in [0.15, 0.2) is 30.6 Å². The molecule has 1 aromatic carbocycles. The number of H-pyrrole nitrogens is 1. The molecule has 1 aliphatic heterocycles. The predicted molar refractivity (Wildman–Crippen MR) is 106 cm³/mol. The number of nitrogens with one attached hydrogen (secondary N) is 2. The molecule has 3 heterocycles. The van der Waals surface area contributed by atoms with Crippen LogP contribution >= 0.6 is 23.8 Å². The molecule has 3 aromatic rings. The van der Waals surface area contributed by atoms with Gasteiger partial charge in [0.15, 0.2) is 4.77 Å². The smallest absolute Gasteiger partial charge is 0.226 e. The zero-order valence-corrected chi connectivity index (χ0v) is 16.9. The van der Waals surface area contributed by atoms with Crippen LogP contribution in [0.3, 0.4) is 0 Å². The first kappa shape index (κ1) is 19.8. The summed E-state index contributed by atoms with van der Waals surface area (Å²) in [6, 6.07) is 4.19. The van der Waals surface area contributed by atoms with E-state index in [2.05, 4.69) is 15.4 Å². The van der Waals surface area contributed by atoms with Crippen LogP contribution in [0.5, 0.6) is 0 Å². The third kappa shape index (κ3) is 3.97. The predicted octanol–water partition coefficient (Wildman–Crippen LogP) is 3.37. The number of aromatic amines is 1. The minimum Gasteiger partial charge on any atom is -0.354 e. The number of carbonyl (C=O) groups excluding carboxylic acids is 1. The molecule has 152 valence electrons. The molecule has 6 nitrogen and oxygen atoms in total. The van der Waals surface area contributed by atoms with Crippen LogP contribution in [0, 0.1) is 16.4 Å². The molecule has 10 heteroatoms. The molecule has 0 saturated heterocycles. The fraction of sp³-hybridized carbons (Fsp3) is 0.316. The van der Waals surface area contributed by atoms with Gasteiger partial charge in [0.25, 0.3) is 0 Å². The second-order valence-electron chi connectivity index (χ2n) is 6.92. The second-order valence-corrected chi connectivity index (χ2v) is 7.71. The van der Waals surface area contributed by atoms with E-state index in [1.807, 2.05) is 12.3 Å². The van der Waals surface area contributed by atoms with Gasteiger partial charge in [0.2, 0.25) is 5.91 Å². The monoisotopic (exact) mass is 437 g/mol. The zero-order chi connectivity index (χ0) is 20.5. The van der Waals surface area contributed by atoms with Crippen LogP contribution < -0.4 is 5.32 Å².